The summed E-state index contributed by atoms with van der Waals surface area (Å²) in [6.45, 7) is 20.0. The molecule has 1 aromatic heterocycles. The smallest absolute Gasteiger partial charge is 0.327 e. The molecule has 0 radical (unpaired) electrons. The molecule has 2 aliphatic rings. The molecule has 5 rings (SSSR count). The van der Waals surface area contributed by atoms with Gasteiger partial charge < -0.3 is 30.2 Å². The minimum atomic E-state index is -0.322. The van der Waals surface area contributed by atoms with E-state index in [1.807, 2.05) is 6.20 Å². The number of aromatic nitrogens is 1. The lowest BCUT2D eigenvalue weighted by Gasteiger charge is -2.26. The molecule has 9 nitrogen and oxygen atoms in total. The van der Waals surface area contributed by atoms with Crippen LogP contribution < -0.4 is 20.5 Å². The van der Waals surface area contributed by atoms with E-state index in [2.05, 4.69) is 135 Å². The lowest BCUT2D eigenvalue weighted by molar-refractivity contribution is -0.684. The number of aliphatic imine (C=N–C) groups is 1. The van der Waals surface area contributed by atoms with Gasteiger partial charge in [-0.2, -0.15) is 0 Å². The lowest BCUT2D eigenvalue weighted by atomic mass is 9.81. The number of unbranched alkanes of at least 4 members (excludes halogenated alkanes) is 1. The zero-order chi connectivity index (χ0) is 43.0. The second kappa shape index (κ2) is 23.2. The molecule has 2 aromatic carbocycles. The minimum absolute atomic E-state index is 0.0372. The number of para-hydroxylation sites is 1. The number of anilines is 1. The van der Waals surface area contributed by atoms with E-state index in [9.17, 15) is 4.79 Å². The van der Waals surface area contributed by atoms with Crippen LogP contribution in [-0.2, 0) is 42.8 Å². The number of carbonyl (C=O) groups is 1. The topological polar surface area (TPSA) is 102 Å². The highest BCUT2D eigenvalue weighted by atomic mass is 35.5. The van der Waals surface area contributed by atoms with Crippen LogP contribution in [-0.4, -0.2) is 70.9 Å². The first kappa shape index (κ1) is 46.9. The van der Waals surface area contributed by atoms with Gasteiger partial charge in [0.15, 0.2) is 5.71 Å². The highest BCUT2D eigenvalue weighted by molar-refractivity contribution is 6.30. The maximum Gasteiger partial charge on any atom is 0.327 e. The van der Waals surface area contributed by atoms with E-state index in [1.165, 1.54) is 16.9 Å². The van der Waals surface area contributed by atoms with Crippen molar-refractivity contribution in [1.82, 2.24) is 5.32 Å². The van der Waals surface area contributed by atoms with Crippen molar-refractivity contribution < 1.29 is 23.6 Å². The van der Waals surface area contributed by atoms with Crippen LogP contribution in [0, 0.1) is 0 Å². The van der Waals surface area contributed by atoms with Crippen molar-refractivity contribution in [2.24, 2.45) is 10.7 Å². The van der Waals surface area contributed by atoms with E-state index in [0.717, 1.165) is 84.0 Å². The van der Waals surface area contributed by atoms with Gasteiger partial charge in [0.05, 0.1) is 49.0 Å². The number of pyridine rings is 1. The molecule has 0 saturated heterocycles. The third kappa shape index (κ3) is 12.5. The van der Waals surface area contributed by atoms with Gasteiger partial charge in [-0.15, -0.1) is 0 Å². The maximum atomic E-state index is 12.9. The van der Waals surface area contributed by atoms with E-state index in [-0.39, 0.29) is 16.7 Å². The Bertz CT molecular complexity index is 2000. The van der Waals surface area contributed by atoms with Crippen LogP contribution in [0.2, 0.25) is 5.02 Å². The number of ether oxygens (including phenoxy) is 3. The molecule has 0 atom stereocenters. The molecular formula is C50H69ClN5O4+. The van der Waals surface area contributed by atoms with Crippen molar-refractivity contribution in [1.29, 1.82) is 0 Å². The Hall–Kier alpha value is -4.12. The van der Waals surface area contributed by atoms with Gasteiger partial charge >= 0.3 is 5.82 Å². The second-order valence-electron chi connectivity index (χ2n) is 16.7. The number of fused-ring (bicyclic) bond motifs is 2. The molecule has 0 spiro atoms. The zero-order valence-corrected chi connectivity index (χ0v) is 37.8. The number of nitrogens with one attached hydrogen (secondary N) is 1. The summed E-state index contributed by atoms with van der Waals surface area (Å²) in [5, 5.41) is 3.79. The fraction of sp³-hybridized carbons (Fsp3) is 0.500. The molecular weight excluding hydrogens is 770 g/mol. The normalized spacial score (nSPS) is 16.1. The highest BCUT2D eigenvalue weighted by Crippen LogP contribution is 2.48. The van der Waals surface area contributed by atoms with Crippen LogP contribution in [0.25, 0.3) is 5.57 Å². The van der Waals surface area contributed by atoms with Crippen molar-refractivity contribution in [3.05, 3.63) is 118 Å². The summed E-state index contributed by atoms with van der Waals surface area (Å²) in [5.74, 6) is 1.02. The Morgan fingerprint density at radius 2 is 1.62 bits per heavy atom. The number of benzene rings is 2. The Kier molecular flexibility index (Phi) is 18.1. The van der Waals surface area contributed by atoms with Gasteiger partial charge in [-0.1, -0.05) is 100 Å². The van der Waals surface area contributed by atoms with Gasteiger partial charge in [-0.25, -0.2) is 4.57 Å². The molecule has 1 amide bonds. The Balaban J connectivity index is 1.29. The number of hydrogen-bond acceptors (Lipinski definition) is 7. The number of amides is 1. The molecule has 324 valence electrons. The van der Waals surface area contributed by atoms with Crippen molar-refractivity contribution >= 4 is 40.3 Å². The summed E-state index contributed by atoms with van der Waals surface area (Å²) in [4.78, 5) is 20.6. The number of halogens is 1. The number of rotatable bonds is 25. The molecule has 0 fully saturated rings. The van der Waals surface area contributed by atoms with Gasteiger partial charge in [-0.05, 0) is 104 Å². The lowest BCUT2D eigenvalue weighted by Crippen LogP contribution is -2.35. The summed E-state index contributed by atoms with van der Waals surface area (Å²) in [6, 6.07) is 19.4. The van der Waals surface area contributed by atoms with Gasteiger partial charge in [-0.3, -0.25) is 4.79 Å². The SMILES string of the molecule is CCCC[n+]1cc(Cl)cc2c1N=C(/C=C/C(=C/C=C1\N(CCC)c3ccccc3C1(C)C)c1cccc(CCC(=O)NCCCOCCOCCOCCCN)c1)C2(C)C. The molecule has 0 bridgehead atoms. The fourth-order valence-electron chi connectivity index (χ4n) is 7.90. The molecule has 0 unspecified atom stereocenters. The van der Waals surface area contributed by atoms with Crippen molar-refractivity contribution in [2.45, 2.75) is 104 Å². The number of nitrogens with two attached hydrogens (primary N) is 1. The molecule has 3 heterocycles. The first-order valence-electron chi connectivity index (χ1n) is 22.1. The third-order valence-corrected chi connectivity index (χ3v) is 11.6. The van der Waals surface area contributed by atoms with E-state index in [4.69, 9.17) is 36.5 Å². The first-order valence-corrected chi connectivity index (χ1v) is 22.5. The Morgan fingerprint density at radius 3 is 2.35 bits per heavy atom. The van der Waals surface area contributed by atoms with E-state index in [1.54, 1.807) is 0 Å². The maximum absolute atomic E-state index is 12.9. The molecule has 2 aliphatic heterocycles. The average Bonchev–Trinajstić information content (AvgIpc) is 3.61. The number of nitrogens with zero attached hydrogens (tertiary/aromatic N) is 3. The third-order valence-electron chi connectivity index (χ3n) is 11.4. The quantitative estimate of drug-likeness (QED) is 0.0501. The zero-order valence-electron chi connectivity index (χ0n) is 37.0. The number of aryl methyl sites for hydroxylation is 2. The van der Waals surface area contributed by atoms with E-state index < -0.39 is 0 Å². The summed E-state index contributed by atoms with van der Waals surface area (Å²) in [7, 11) is 0. The standard InChI is InChI=1S/C50H68ClN5O4/c1-7-9-28-55-37-41(51)36-43-48(55)54-45(49(43,3)4)22-20-39(21-23-46-50(5,6)42-17-10-11-18-44(42)56(46)27-8-2)40-16-12-15-38(35-40)19-24-47(57)53-26-14-30-59-32-34-60-33-31-58-29-13-25-52/h10-12,15-18,20-23,35-37H,7-9,13-14,19,24-34,52H2,1-6H3/p+1. The Morgan fingerprint density at radius 1 is 0.883 bits per heavy atom. The minimum Gasteiger partial charge on any atom is -0.379 e. The van der Waals surface area contributed by atoms with Crippen LogP contribution in [0.5, 0.6) is 0 Å². The summed E-state index contributed by atoms with van der Waals surface area (Å²) in [6.07, 6.45) is 16.8. The van der Waals surface area contributed by atoms with Crippen molar-refractivity contribution in [2.75, 3.05) is 64.2 Å². The van der Waals surface area contributed by atoms with Crippen LogP contribution >= 0.6 is 11.6 Å². The second-order valence-corrected chi connectivity index (χ2v) is 17.2. The molecule has 10 heteroatoms. The van der Waals surface area contributed by atoms with Crippen molar-refractivity contribution in [3.63, 3.8) is 0 Å². The average molecular weight is 840 g/mol. The predicted molar refractivity (Wildman–Crippen MR) is 247 cm³/mol. The van der Waals surface area contributed by atoms with Crippen LogP contribution in [0.4, 0.5) is 11.5 Å². The number of hydrogen-bond donors (Lipinski definition) is 2. The van der Waals surface area contributed by atoms with Crippen molar-refractivity contribution in [3.8, 4) is 0 Å². The molecule has 3 N–H and O–H groups in total. The molecule has 3 aromatic rings. The highest BCUT2D eigenvalue weighted by Gasteiger charge is 2.43. The van der Waals surface area contributed by atoms with Crippen LogP contribution in [0.15, 0.2) is 95.8 Å². The number of carbonyl (C=O) groups excluding carboxylic acids is 1. The van der Waals surface area contributed by atoms with Gasteiger partial charge in [0.25, 0.3) is 0 Å². The van der Waals surface area contributed by atoms with Crippen LogP contribution in [0.3, 0.4) is 0 Å². The van der Waals surface area contributed by atoms with Gasteiger partial charge in [0.1, 0.15) is 6.20 Å². The summed E-state index contributed by atoms with van der Waals surface area (Å²) >= 11 is 6.67. The molecule has 60 heavy (non-hydrogen) atoms. The van der Waals surface area contributed by atoms with Gasteiger partial charge in [0, 0.05) is 49.5 Å². The van der Waals surface area contributed by atoms with E-state index >= 15 is 0 Å². The largest absolute Gasteiger partial charge is 0.379 e. The van der Waals surface area contributed by atoms with Gasteiger partial charge in [0.2, 0.25) is 5.91 Å². The first-order chi connectivity index (χ1) is 29.0. The fourth-order valence-corrected chi connectivity index (χ4v) is 8.12. The Labute approximate surface area is 364 Å². The van der Waals surface area contributed by atoms with E-state index in [0.29, 0.717) is 65.6 Å². The monoisotopic (exact) mass is 839 g/mol. The molecule has 0 saturated carbocycles. The summed E-state index contributed by atoms with van der Waals surface area (Å²) in [5.41, 5.74) is 14.3. The predicted octanol–water partition coefficient (Wildman–Crippen LogP) is 9.36. The van der Waals surface area contributed by atoms with Crippen LogP contribution in [0.1, 0.15) is 102 Å². The number of allylic oxidation sites excluding steroid dienone is 6. The summed E-state index contributed by atoms with van der Waals surface area (Å²) < 4.78 is 18.8. The molecule has 0 aliphatic carbocycles.